The summed E-state index contributed by atoms with van der Waals surface area (Å²) in [4.78, 5) is 58.8. The highest BCUT2D eigenvalue weighted by molar-refractivity contribution is 6.06. The van der Waals surface area contributed by atoms with E-state index in [1.165, 1.54) is 11.1 Å². The number of carbonyl (C=O) groups is 4. The summed E-state index contributed by atoms with van der Waals surface area (Å²) in [6, 6.07) is 12.1. The number of pyridine rings is 2. The summed E-state index contributed by atoms with van der Waals surface area (Å²) in [5.41, 5.74) is 10.1. The summed E-state index contributed by atoms with van der Waals surface area (Å²) in [7, 11) is 0. The summed E-state index contributed by atoms with van der Waals surface area (Å²) in [5.74, 6) is -1.58. The second-order valence-electron chi connectivity index (χ2n) is 8.33. The molecule has 9 nitrogen and oxygen atoms in total. The molecule has 3 N–H and O–H groups in total. The van der Waals surface area contributed by atoms with E-state index in [1.54, 1.807) is 24.4 Å². The molecule has 1 atom stereocenters. The van der Waals surface area contributed by atoms with Gasteiger partial charge in [-0.05, 0) is 53.8 Å². The van der Waals surface area contributed by atoms with E-state index in [0.29, 0.717) is 29.7 Å². The Labute approximate surface area is 195 Å². The van der Waals surface area contributed by atoms with Crippen LogP contribution in [-0.4, -0.2) is 44.5 Å². The van der Waals surface area contributed by atoms with Gasteiger partial charge < -0.3 is 10.6 Å². The van der Waals surface area contributed by atoms with Gasteiger partial charge in [0.05, 0.1) is 5.69 Å². The van der Waals surface area contributed by atoms with Crippen molar-refractivity contribution in [1.82, 2.24) is 20.2 Å². The number of nitrogens with zero attached hydrogens (tertiary/aromatic N) is 3. The Hall–Kier alpha value is -4.40. The lowest BCUT2D eigenvalue weighted by molar-refractivity contribution is -0.136. The molecule has 5 rings (SSSR count). The van der Waals surface area contributed by atoms with Crippen LogP contribution < -0.4 is 11.1 Å². The summed E-state index contributed by atoms with van der Waals surface area (Å²) >= 11 is 0. The zero-order valence-corrected chi connectivity index (χ0v) is 18.2. The van der Waals surface area contributed by atoms with E-state index in [1.807, 2.05) is 24.3 Å². The molecule has 2 aromatic heterocycles. The first-order valence-corrected chi connectivity index (χ1v) is 10.9. The number of benzene rings is 1. The first-order chi connectivity index (χ1) is 16.4. The lowest BCUT2D eigenvalue weighted by Gasteiger charge is -2.29. The predicted octanol–water partition coefficient (Wildman–Crippen LogP) is 1.59. The number of aromatic nitrogens is 2. The molecular weight excluding hydrogens is 434 g/mol. The van der Waals surface area contributed by atoms with Crippen molar-refractivity contribution in [1.29, 1.82) is 0 Å². The number of primary amides is 1. The van der Waals surface area contributed by atoms with Crippen molar-refractivity contribution in [2.45, 2.75) is 31.8 Å². The molecule has 2 aliphatic rings. The van der Waals surface area contributed by atoms with Crippen LogP contribution in [-0.2, 0) is 22.6 Å². The molecule has 1 aromatic carbocycles. The molecule has 1 fully saturated rings. The van der Waals surface area contributed by atoms with Crippen molar-refractivity contribution in [2.75, 3.05) is 0 Å². The first-order valence-electron chi connectivity index (χ1n) is 10.9. The summed E-state index contributed by atoms with van der Waals surface area (Å²) in [6.07, 6.45) is 4.16. The fourth-order valence-electron chi connectivity index (χ4n) is 4.58. The quantitative estimate of drug-likeness (QED) is 0.561. The molecule has 0 bridgehead atoms. The maximum atomic E-state index is 13.1. The van der Waals surface area contributed by atoms with Crippen molar-refractivity contribution in [3.63, 3.8) is 0 Å². The van der Waals surface area contributed by atoms with Crippen molar-refractivity contribution in [3.05, 3.63) is 82.8 Å². The number of fused-ring (bicyclic) bond motifs is 1. The maximum Gasteiger partial charge on any atom is 0.267 e. The van der Waals surface area contributed by atoms with Gasteiger partial charge in [-0.3, -0.25) is 34.5 Å². The molecule has 4 amide bonds. The Bertz CT molecular complexity index is 1350. The van der Waals surface area contributed by atoms with Crippen LogP contribution >= 0.6 is 0 Å². The van der Waals surface area contributed by atoms with Crippen LogP contribution in [0.15, 0.2) is 54.9 Å². The smallest absolute Gasteiger partial charge is 0.267 e. The van der Waals surface area contributed by atoms with Crippen LogP contribution in [0.25, 0.3) is 11.3 Å². The van der Waals surface area contributed by atoms with Gasteiger partial charge in [0.25, 0.3) is 11.8 Å². The van der Waals surface area contributed by atoms with Gasteiger partial charge >= 0.3 is 0 Å². The third kappa shape index (κ3) is 3.81. The van der Waals surface area contributed by atoms with Gasteiger partial charge in [-0.2, -0.15) is 0 Å². The van der Waals surface area contributed by atoms with Gasteiger partial charge in [0.15, 0.2) is 0 Å². The second-order valence-corrected chi connectivity index (χ2v) is 8.33. The second kappa shape index (κ2) is 8.51. The molecule has 1 unspecified atom stereocenters. The van der Waals surface area contributed by atoms with E-state index < -0.39 is 17.9 Å². The Balaban J connectivity index is 1.46. The van der Waals surface area contributed by atoms with Crippen molar-refractivity contribution >= 4 is 23.6 Å². The van der Waals surface area contributed by atoms with Crippen molar-refractivity contribution < 1.29 is 19.2 Å². The maximum absolute atomic E-state index is 13.1. The molecule has 9 heteroatoms. The minimum Gasteiger partial charge on any atom is -0.364 e. The first kappa shape index (κ1) is 21.4. The highest BCUT2D eigenvalue weighted by Gasteiger charge is 2.39. The number of nitrogens with one attached hydrogen (secondary N) is 1. The average molecular weight is 455 g/mol. The molecular formula is C25H21N5O4. The van der Waals surface area contributed by atoms with E-state index in [2.05, 4.69) is 15.3 Å². The van der Waals surface area contributed by atoms with E-state index in [0.717, 1.165) is 16.7 Å². The van der Waals surface area contributed by atoms with Crippen LogP contribution in [0.2, 0.25) is 0 Å². The average Bonchev–Trinajstić information content (AvgIpc) is 3.16. The summed E-state index contributed by atoms with van der Waals surface area (Å²) in [6.45, 7) is 0.261. The Morgan fingerprint density at radius 1 is 1.06 bits per heavy atom. The number of amides is 4. The third-order valence-electron chi connectivity index (χ3n) is 6.20. The standard InChI is InChI=1S/C25H21N5O4/c26-23(32)22-15(3-2-9-28-22)11-14-8-10-27-19(12-14)16-4-1-5-17-18(16)13-30(25(17)34)20-6-7-21(31)29-24(20)33/h1-5,8-10,12,20H,6-7,11,13H2,(H2,26,32)(H,29,31,33). The monoisotopic (exact) mass is 455 g/mol. The van der Waals surface area contributed by atoms with E-state index >= 15 is 0 Å². The molecule has 3 aromatic rings. The topological polar surface area (TPSA) is 135 Å². The molecule has 1 saturated heterocycles. The molecule has 4 heterocycles. The van der Waals surface area contributed by atoms with E-state index in [-0.39, 0.29) is 30.5 Å². The number of carbonyl (C=O) groups excluding carboxylic acids is 4. The molecule has 34 heavy (non-hydrogen) atoms. The lowest BCUT2D eigenvalue weighted by atomic mass is 9.97. The zero-order valence-electron chi connectivity index (χ0n) is 18.2. The minimum atomic E-state index is -0.678. The molecule has 0 spiro atoms. The molecule has 0 radical (unpaired) electrons. The van der Waals surface area contributed by atoms with Gasteiger partial charge in [-0.25, -0.2) is 0 Å². The Morgan fingerprint density at radius 2 is 1.88 bits per heavy atom. The van der Waals surface area contributed by atoms with E-state index in [4.69, 9.17) is 5.73 Å². The van der Waals surface area contributed by atoms with Crippen molar-refractivity contribution in [2.24, 2.45) is 5.73 Å². The molecule has 0 saturated carbocycles. The molecule has 170 valence electrons. The van der Waals surface area contributed by atoms with E-state index in [9.17, 15) is 19.2 Å². The number of imide groups is 1. The Morgan fingerprint density at radius 3 is 2.68 bits per heavy atom. The minimum absolute atomic E-state index is 0.203. The number of rotatable bonds is 5. The summed E-state index contributed by atoms with van der Waals surface area (Å²) in [5, 5.41) is 2.32. The fraction of sp³-hybridized carbons (Fsp3) is 0.200. The van der Waals surface area contributed by atoms with Gasteiger partial charge in [0.2, 0.25) is 11.8 Å². The SMILES string of the molecule is NC(=O)c1ncccc1Cc1ccnc(-c2cccc3c2CN(C2CCC(=O)NC2=O)C3=O)c1. The fourth-order valence-corrected chi connectivity index (χ4v) is 4.58. The third-order valence-corrected chi connectivity index (χ3v) is 6.20. The lowest BCUT2D eigenvalue weighted by Crippen LogP contribution is -2.52. The van der Waals surface area contributed by atoms with Crippen LogP contribution in [0.1, 0.15) is 50.4 Å². The number of piperidine rings is 1. The normalized spacial score (nSPS) is 17.5. The number of hydrogen-bond donors (Lipinski definition) is 2. The van der Waals surface area contributed by atoms with Crippen LogP contribution in [0.5, 0.6) is 0 Å². The highest BCUT2D eigenvalue weighted by Crippen LogP contribution is 2.34. The van der Waals surface area contributed by atoms with Crippen LogP contribution in [0.3, 0.4) is 0 Å². The molecule has 0 aliphatic carbocycles. The number of hydrogen-bond acceptors (Lipinski definition) is 6. The van der Waals surface area contributed by atoms with Gasteiger partial charge in [0.1, 0.15) is 11.7 Å². The molecule has 2 aliphatic heterocycles. The largest absolute Gasteiger partial charge is 0.364 e. The highest BCUT2D eigenvalue weighted by atomic mass is 16.2. The van der Waals surface area contributed by atoms with Crippen LogP contribution in [0.4, 0.5) is 0 Å². The number of nitrogens with two attached hydrogens (primary N) is 1. The Kier molecular flexibility index (Phi) is 5.37. The van der Waals surface area contributed by atoms with Gasteiger partial charge in [0, 0.05) is 36.5 Å². The predicted molar refractivity (Wildman–Crippen MR) is 121 cm³/mol. The van der Waals surface area contributed by atoms with Crippen LogP contribution in [0, 0.1) is 0 Å². The van der Waals surface area contributed by atoms with Gasteiger partial charge in [-0.1, -0.05) is 18.2 Å². The zero-order chi connectivity index (χ0) is 23.8. The summed E-state index contributed by atoms with van der Waals surface area (Å²) < 4.78 is 0. The van der Waals surface area contributed by atoms with Gasteiger partial charge in [-0.15, -0.1) is 0 Å². The van der Waals surface area contributed by atoms with Crippen molar-refractivity contribution in [3.8, 4) is 11.3 Å².